The van der Waals surface area contributed by atoms with Gasteiger partial charge in [0.2, 0.25) is 5.91 Å². The molecule has 2 aliphatic rings. The predicted molar refractivity (Wildman–Crippen MR) is 150 cm³/mol. The molecule has 0 aliphatic carbocycles. The number of rotatable bonds is 6. The first-order chi connectivity index (χ1) is 19.0. The Kier molecular flexibility index (Phi) is 7.13. The predicted octanol–water partition coefficient (Wildman–Crippen LogP) is 4.01. The molecule has 0 radical (unpaired) electrons. The number of piperazine rings is 1. The number of nitrogens with zero attached hydrogens (tertiary/aromatic N) is 5. The smallest absolute Gasteiger partial charge is 0.253 e. The van der Waals surface area contributed by atoms with Gasteiger partial charge in [0.05, 0.1) is 12.2 Å². The highest BCUT2D eigenvalue weighted by molar-refractivity contribution is 6.30. The number of aryl methyl sites for hydroxylation is 2. The molecule has 1 fully saturated rings. The number of halogens is 1. The van der Waals surface area contributed by atoms with Crippen molar-refractivity contribution in [2.75, 3.05) is 38.0 Å². The van der Waals surface area contributed by atoms with Crippen LogP contribution in [0.15, 0.2) is 72.8 Å². The lowest BCUT2D eigenvalue weighted by Crippen LogP contribution is -2.50. The lowest BCUT2D eigenvalue weighted by atomic mass is 10.0. The fourth-order valence-corrected chi connectivity index (χ4v) is 5.52. The third-order valence-electron chi connectivity index (χ3n) is 7.32. The van der Waals surface area contributed by atoms with E-state index in [-0.39, 0.29) is 18.4 Å². The number of nitrogens with one attached hydrogen (secondary N) is 1. The van der Waals surface area contributed by atoms with Crippen molar-refractivity contribution in [1.29, 1.82) is 0 Å². The molecule has 39 heavy (non-hydrogen) atoms. The number of aromatic nitrogens is 3. The Bertz CT molecular complexity index is 1510. The Morgan fingerprint density at radius 3 is 2.49 bits per heavy atom. The molecule has 1 N–H and O–H groups in total. The third kappa shape index (κ3) is 5.57. The first-order valence-corrected chi connectivity index (χ1v) is 13.6. The van der Waals surface area contributed by atoms with Crippen LogP contribution in [-0.2, 0) is 24.1 Å². The Labute approximate surface area is 232 Å². The van der Waals surface area contributed by atoms with E-state index in [1.807, 2.05) is 35.2 Å². The molecule has 0 atom stereocenters. The highest BCUT2D eigenvalue weighted by atomic mass is 35.5. The minimum atomic E-state index is -0.0601. The molecule has 1 saturated heterocycles. The fourth-order valence-electron chi connectivity index (χ4n) is 5.33. The summed E-state index contributed by atoms with van der Waals surface area (Å²) in [5.74, 6) is 1.80. The van der Waals surface area contributed by atoms with Crippen molar-refractivity contribution in [3.63, 3.8) is 0 Å². The zero-order valence-corrected chi connectivity index (χ0v) is 22.3. The molecule has 1 aromatic heterocycles. The monoisotopic (exact) mass is 540 g/mol. The summed E-state index contributed by atoms with van der Waals surface area (Å²) in [5.41, 5.74) is 4.81. The normalized spacial score (nSPS) is 14.9. The molecule has 2 amide bonds. The van der Waals surface area contributed by atoms with Crippen LogP contribution in [0.1, 0.15) is 33.1 Å². The number of amides is 2. The molecular formula is C30H29ClN6O2. The van der Waals surface area contributed by atoms with Crippen LogP contribution in [0.2, 0.25) is 5.02 Å². The second kappa shape index (κ2) is 11.0. The van der Waals surface area contributed by atoms with E-state index in [9.17, 15) is 9.59 Å². The van der Waals surface area contributed by atoms with E-state index in [4.69, 9.17) is 11.6 Å². The van der Waals surface area contributed by atoms with Crippen LogP contribution >= 0.6 is 11.6 Å². The van der Waals surface area contributed by atoms with Crippen LogP contribution in [0.5, 0.6) is 0 Å². The van der Waals surface area contributed by atoms with Gasteiger partial charge in [0.15, 0.2) is 0 Å². The van der Waals surface area contributed by atoms with E-state index in [1.165, 1.54) is 11.1 Å². The summed E-state index contributed by atoms with van der Waals surface area (Å²) in [6.45, 7) is 2.72. The van der Waals surface area contributed by atoms with Gasteiger partial charge in [0.1, 0.15) is 11.6 Å². The molecule has 6 rings (SSSR count). The van der Waals surface area contributed by atoms with Gasteiger partial charge in [0, 0.05) is 55.3 Å². The molecule has 2 aliphatic heterocycles. The number of benzene rings is 3. The van der Waals surface area contributed by atoms with E-state index in [0.717, 1.165) is 35.9 Å². The average Bonchev–Trinajstić information content (AvgIpc) is 3.36. The van der Waals surface area contributed by atoms with Crippen LogP contribution in [0.4, 0.5) is 5.69 Å². The fraction of sp³-hybridized carbons (Fsp3) is 0.267. The van der Waals surface area contributed by atoms with Gasteiger partial charge in [-0.15, -0.1) is 10.2 Å². The molecule has 3 aromatic carbocycles. The van der Waals surface area contributed by atoms with E-state index in [0.29, 0.717) is 43.2 Å². The number of anilines is 1. The van der Waals surface area contributed by atoms with Crippen molar-refractivity contribution in [3.05, 3.63) is 106 Å². The van der Waals surface area contributed by atoms with Crippen LogP contribution in [0, 0.1) is 0 Å². The maximum absolute atomic E-state index is 12.9. The Morgan fingerprint density at radius 2 is 1.69 bits per heavy atom. The number of carbonyl (C=O) groups is 2. The second-order valence-corrected chi connectivity index (χ2v) is 10.4. The summed E-state index contributed by atoms with van der Waals surface area (Å²) >= 11 is 6.04. The van der Waals surface area contributed by atoms with Crippen LogP contribution in [-0.4, -0.2) is 69.1 Å². The summed E-state index contributed by atoms with van der Waals surface area (Å²) in [6.07, 6.45) is 2.37. The van der Waals surface area contributed by atoms with Crippen molar-refractivity contribution in [1.82, 2.24) is 24.6 Å². The summed E-state index contributed by atoms with van der Waals surface area (Å²) in [6, 6.07) is 23.3. The van der Waals surface area contributed by atoms with Crippen molar-refractivity contribution in [3.8, 4) is 5.69 Å². The molecular weight excluding hydrogens is 512 g/mol. The average molecular weight is 541 g/mol. The Hall–Kier alpha value is -4.01. The van der Waals surface area contributed by atoms with Crippen molar-refractivity contribution in [2.45, 2.75) is 19.3 Å². The SMILES string of the molecule is O=C(CN1CCN(C(=O)c2cccc(Cl)c2)CC1)Nc1ccc2c(c1)CCc1nnc(Cc3ccccc3)n1-2. The lowest BCUT2D eigenvalue weighted by molar-refractivity contribution is -0.117. The van der Waals surface area contributed by atoms with Gasteiger partial charge in [-0.1, -0.05) is 48.0 Å². The van der Waals surface area contributed by atoms with Crippen LogP contribution < -0.4 is 5.32 Å². The van der Waals surface area contributed by atoms with Crippen LogP contribution in [0.3, 0.4) is 0 Å². The standard InChI is InChI=1S/C30H29ClN6O2/c31-24-8-4-7-23(18-24)30(39)36-15-13-35(14-16-36)20-29(38)32-25-10-11-26-22(19-25)9-12-27-33-34-28(37(26)27)17-21-5-2-1-3-6-21/h1-8,10-11,18-19H,9,12-17,20H2,(H,32,38). The van der Waals surface area contributed by atoms with Gasteiger partial charge in [-0.2, -0.15) is 0 Å². The van der Waals surface area contributed by atoms with Gasteiger partial charge < -0.3 is 10.2 Å². The maximum atomic E-state index is 12.9. The molecule has 3 heterocycles. The summed E-state index contributed by atoms with van der Waals surface area (Å²) in [4.78, 5) is 29.5. The first kappa shape index (κ1) is 25.3. The van der Waals surface area contributed by atoms with Crippen molar-refractivity contribution < 1.29 is 9.59 Å². The van der Waals surface area contributed by atoms with Gasteiger partial charge in [-0.25, -0.2) is 0 Å². The van der Waals surface area contributed by atoms with E-state index in [2.05, 4.69) is 43.2 Å². The van der Waals surface area contributed by atoms with E-state index < -0.39 is 0 Å². The van der Waals surface area contributed by atoms with Crippen molar-refractivity contribution in [2.24, 2.45) is 0 Å². The minimum absolute atomic E-state index is 0.0289. The maximum Gasteiger partial charge on any atom is 0.253 e. The molecule has 4 aromatic rings. The number of fused-ring (bicyclic) bond motifs is 3. The molecule has 0 unspecified atom stereocenters. The number of hydrogen-bond acceptors (Lipinski definition) is 5. The van der Waals surface area contributed by atoms with Crippen LogP contribution in [0.25, 0.3) is 5.69 Å². The molecule has 0 spiro atoms. The number of carbonyl (C=O) groups excluding carboxylic acids is 2. The Balaban J connectivity index is 1.06. The van der Waals surface area contributed by atoms with E-state index in [1.54, 1.807) is 24.3 Å². The lowest BCUT2D eigenvalue weighted by Gasteiger charge is -2.34. The zero-order valence-electron chi connectivity index (χ0n) is 21.5. The summed E-state index contributed by atoms with van der Waals surface area (Å²) in [5, 5.41) is 12.5. The molecule has 198 valence electrons. The topological polar surface area (TPSA) is 83.4 Å². The van der Waals surface area contributed by atoms with E-state index >= 15 is 0 Å². The summed E-state index contributed by atoms with van der Waals surface area (Å²) < 4.78 is 2.15. The highest BCUT2D eigenvalue weighted by Gasteiger charge is 2.25. The van der Waals surface area contributed by atoms with Crippen molar-refractivity contribution >= 4 is 29.1 Å². The quantitative estimate of drug-likeness (QED) is 0.399. The minimum Gasteiger partial charge on any atom is -0.336 e. The number of hydrogen-bond donors (Lipinski definition) is 1. The van der Waals surface area contributed by atoms with Gasteiger partial charge in [0.25, 0.3) is 5.91 Å². The Morgan fingerprint density at radius 1 is 0.872 bits per heavy atom. The van der Waals surface area contributed by atoms with Gasteiger partial charge >= 0.3 is 0 Å². The molecule has 0 saturated carbocycles. The summed E-state index contributed by atoms with van der Waals surface area (Å²) in [7, 11) is 0. The van der Waals surface area contributed by atoms with Gasteiger partial charge in [-0.05, 0) is 53.9 Å². The highest BCUT2D eigenvalue weighted by Crippen LogP contribution is 2.28. The van der Waals surface area contributed by atoms with Gasteiger partial charge in [-0.3, -0.25) is 19.1 Å². The second-order valence-electron chi connectivity index (χ2n) is 10.0. The molecule has 9 heteroatoms. The first-order valence-electron chi connectivity index (χ1n) is 13.2. The molecule has 0 bridgehead atoms. The third-order valence-corrected chi connectivity index (χ3v) is 7.56. The largest absolute Gasteiger partial charge is 0.336 e. The zero-order chi connectivity index (χ0) is 26.8. The molecule has 8 nitrogen and oxygen atoms in total.